The van der Waals surface area contributed by atoms with E-state index < -0.39 is 46.3 Å². The van der Waals surface area contributed by atoms with Crippen LogP contribution in [0.15, 0.2) is 0 Å². The van der Waals surface area contributed by atoms with Gasteiger partial charge < -0.3 is 18.8 Å². The van der Waals surface area contributed by atoms with Crippen molar-refractivity contribution in [2.24, 2.45) is 5.92 Å². The Balaban J connectivity index is 0.00000133. The van der Waals surface area contributed by atoms with Crippen LogP contribution in [0.4, 0.5) is 0 Å². The van der Waals surface area contributed by atoms with Crippen LogP contribution in [0.3, 0.4) is 0 Å². The van der Waals surface area contributed by atoms with Crippen molar-refractivity contribution >= 4 is 22.1 Å². The Kier molecular flexibility index (Phi) is 3.98. The molecule has 0 aromatic carbocycles. The molecule has 0 amide bonds. The van der Waals surface area contributed by atoms with Crippen LogP contribution in [0.2, 0.25) is 0 Å². The zero-order valence-electron chi connectivity index (χ0n) is 9.98. The summed E-state index contributed by atoms with van der Waals surface area (Å²) in [5.74, 6) is -3.09. The van der Waals surface area contributed by atoms with Gasteiger partial charge >= 0.3 is 41.5 Å². The van der Waals surface area contributed by atoms with Gasteiger partial charge in [-0.15, -0.1) is 0 Å². The van der Waals surface area contributed by atoms with Crippen molar-refractivity contribution in [3.63, 3.8) is 0 Å². The topological polar surface area (TPSA) is 119 Å². The number of carbonyl (C=O) groups excluding carboxylic acids is 2. The van der Waals surface area contributed by atoms with Crippen LogP contribution in [-0.2, 0) is 33.9 Å². The SMILES string of the molecule is O=C(CS(=O)(=O)[O-])OC1C2CC3C(=O)OC1C3O2.[Na+]. The second-order valence-electron chi connectivity index (χ2n) is 4.54. The summed E-state index contributed by atoms with van der Waals surface area (Å²) in [5, 5.41) is 0. The molecule has 2 bridgehead atoms. The predicted molar refractivity (Wildman–Crippen MR) is 51.1 cm³/mol. The maximum Gasteiger partial charge on any atom is 1.00 e. The zero-order valence-corrected chi connectivity index (χ0v) is 12.8. The van der Waals surface area contributed by atoms with Crippen molar-refractivity contribution in [3.8, 4) is 0 Å². The van der Waals surface area contributed by atoms with E-state index >= 15 is 0 Å². The van der Waals surface area contributed by atoms with Gasteiger partial charge in [0.1, 0.15) is 22.0 Å². The summed E-state index contributed by atoms with van der Waals surface area (Å²) in [7, 11) is -4.68. The molecule has 0 radical (unpaired) electrons. The molecule has 0 aliphatic carbocycles. The first-order valence-electron chi connectivity index (χ1n) is 5.34. The maximum atomic E-state index is 11.4. The number of esters is 2. The van der Waals surface area contributed by atoms with Gasteiger partial charge in [0.05, 0.1) is 12.0 Å². The van der Waals surface area contributed by atoms with Crippen molar-refractivity contribution in [2.45, 2.75) is 30.8 Å². The summed E-state index contributed by atoms with van der Waals surface area (Å²) >= 11 is 0. The molecule has 3 saturated heterocycles. The predicted octanol–water partition coefficient (Wildman–Crippen LogP) is -4.84. The standard InChI is InChI=1S/C9H10O8S.Na/c10-5(2-18(12,13)14)16-7-4-1-3-6(15-4)8(7)17-9(3)11;/h3-4,6-8H,1-2H2,(H,12,13,14);/q;+1/p-1. The molecule has 5 atom stereocenters. The van der Waals surface area contributed by atoms with Crippen molar-refractivity contribution in [1.29, 1.82) is 0 Å². The second kappa shape index (κ2) is 4.97. The third-order valence-electron chi connectivity index (χ3n) is 3.35. The molecule has 3 aliphatic rings. The number of rotatable bonds is 3. The second-order valence-corrected chi connectivity index (χ2v) is 5.94. The zero-order chi connectivity index (χ0) is 13.1. The molecule has 100 valence electrons. The van der Waals surface area contributed by atoms with Gasteiger partial charge in [-0.25, -0.2) is 8.42 Å². The van der Waals surface area contributed by atoms with Crippen LogP contribution in [0, 0.1) is 5.92 Å². The molecule has 3 fully saturated rings. The number of hydrogen-bond donors (Lipinski definition) is 0. The fraction of sp³-hybridized carbons (Fsp3) is 0.778. The summed E-state index contributed by atoms with van der Waals surface area (Å²) in [6.45, 7) is 0. The Bertz CT molecular complexity index is 516. The molecule has 10 heteroatoms. The molecule has 19 heavy (non-hydrogen) atoms. The molecule has 0 aromatic heterocycles. The third-order valence-corrected chi connectivity index (χ3v) is 3.94. The van der Waals surface area contributed by atoms with Gasteiger partial charge in [-0.3, -0.25) is 9.59 Å². The van der Waals surface area contributed by atoms with Gasteiger partial charge in [0, 0.05) is 0 Å². The fourth-order valence-corrected chi connectivity index (χ4v) is 3.07. The minimum absolute atomic E-state index is 0. The van der Waals surface area contributed by atoms with Gasteiger partial charge in [0.2, 0.25) is 0 Å². The van der Waals surface area contributed by atoms with E-state index in [0.717, 1.165) is 0 Å². The molecule has 0 saturated carbocycles. The first kappa shape index (κ1) is 15.2. The molecular weight excluding hydrogens is 291 g/mol. The van der Waals surface area contributed by atoms with Crippen LogP contribution >= 0.6 is 0 Å². The average Bonchev–Trinajstić information content (AvgIpc) is 2.79. The van der Waals surface area contributed by atoms with Gasteiger partial charge in [-0.2, -0.15) is 0 Å². The van der Waals surface area contributed by atoms with Crippen LogP contribution in [-0.4, -0.2) is 55.1 Å². The molecule has 0 aromatic rings. The first-order valence-corrected chi connectivity index (χ1v) is 6.92. The third kappa shape index (κ3) is 2.67. The van der Waals surface area contributed by atoms with Crippen molar-refractivity contribution < 1.29 is 66.3 Å². The van der Waals surface area contributed by atoms with Crippen LogP contribution in [0.1, 0.15) is 6.42 Å². The Morgan fingerprint density at radius 1 is 1.42 bits per heavy atom. The molecule has 8 nitrogen and oxygen atoms in total. The monoisotopic (exact) mass is 300 g/mol. The van der Waals surface area contributed by atoms with Gasteiger partial charge in [0.25, 0.3) is 0 Å². The van der Waals surface area contributed by atoms with Gasteiger partial charge in [0.15, 0.2) is 12.2 Å². The van der Waals surface area contributed by atoms with Crippen molar-refractivity contribution in [3.05, 3.63) is 0 Å². The summed E-state index contributed by atoms with van der Waals surface area (Å²) in [4.78, 5) is 22.6. The normalized spacial score (nSPS) is 38.8. The van der Waals surface area contributed by atoms with E-state index in [1.54, 1.807) is 0 Å². The minimum atomic E-state index is -4.68. The van der Waals surface area contributed by atoms with E-state index in [9.17, 15) is 22.6 Å². The van der Waals surface area contributed by atoms with E-state index in [1.807, 2.05) is 0 Å². The van der Waals surface area contributed by atoms with Crippen LogP contribution in [0.5, 0.6) is 0 Å². The summed E-state index contributed by atoms with van der Waals surface area (Å²) in [6, 6.07) is 0. The number of ether oxygens (including phenoxy) is 3. The molecule has 0 spiro atoms. The average molecular weight is 300 g/mol. The molecule has 3 rings (SSSR count). The molecule has 0 N–H and O–H groups in total. The van der Waals surface area contributed by atoms with Gasteiger partial charge in [-0.05, 0) is 6.42 Å². The fourth-order valence-electron chi connectivity index (χ4n) is 2.71. The van der Waals surface area contributed by atoms with Crippen LogP contribution < -0.4 is 29.6 Å². The Morgan fingerprint density at radius 3 is 2.74 bits per heavy atom. The van der Waals surface area contributed by atoms with Crippen LogP contribution in [0.25, 0.3) is 0 Å². The molecule has 5 unspecified atom stereocenters. The van der Waals surface area contributed by atoms with E-state index in [4.69, 9.17) is 14.2 Å². The minimum Gasteiger partial charge on any atom is -0.748 e. The Labute approximate surface area is 130 Å². The Morgan fingerprint density at radius 2 is 2.11 bits per heavy atom. The molecule has 3 heterocycles. The largest absolute Gasteiger partial charge is 1.00 e. The van der Waals surface area contributed by atoms with Crippen molar-refractivity contribution in [2.75, 3.05) is 5.75 Å². The smallest absolute Gasteiger partial charge is 0.748 e. The number of hydrogen-bond acceptors (Lipinski definition) is 8. The Hall–Kier alpha value is -0.190. The first-order chi connectivity index (χ1) is 8.35. The quantitative estimate of drug-likeness (QED) is 0.289. The number of carbonyl (C=O) groups is 2. The van der Waals surface area contributed by atoms with Gasteiger partial charge in [-0.1, -0.05) is 0 Å². The summed E-state index contributed by atoms with van der Waals surface area (Å²) in [5.41, 5.74) is 0. The molecular formula is C9H9NaO8S. The van der Waals surface area contributed by atoms with Crippen molar-refractivity contribution in [1.82, 2.24) is 0 Å². The van der Waals surface area contributed by atoms with E-state index in [1.165, 1.54) is 0 Å². The van der Waals surface area contributed by atoms with E-state index in [-0.39, 0.29) is 41.4 Å². The summed E-state index contributed by atoms with van der Waals surface area (Å²) in [6.07, 6.45) is -1.99. The summed E-state index contributed by atoms with van der Waals surface area (Å²) < 4.78 is 46.6. The van der Waals surface area contributed by atoms with E-state index in [2.05, 4.69) is 0 Å². The molecule has 3 aliphatic heterocycles. The number of fused-ring (bicyclic) bond motifs is 1. The maximum absolute atomic E-state index is 11.4. The van der Waals surface area contributed by atoms with E-state index in [0.29, 0.717) is 6.42 Å².